The number of aryl methyl sites for hydroxylation is 1. The van der Waals surface area contributed by atoms with Crippen molar-refractivity contribution in [2.45, 2.75) is 45.6 Å². The van der Waals surface area contributed by atoms with Gasteiger partial charge in [0.05, 0.1) is 11.5 Å². The molecule has 0 heterocycles. The number of ether oxygens (including phenoxy) is 1. The molecule has 1 aromatic carbocycles. The summed E-state index contributed by atoms with van der Waals surface area (Å²) in [7, 11) is 1.66. The Balaban J connectivity index is 2.66. The molecule has 0 amide bonds. The molecule has 1 unspecified atom stereocenters. The number of aliphatic carboxylic acids is 1. The molecule has 0 saturated heterocycles. The maximum Gasteiger partial charge on any atom is 0.306 e. The van der Waals surface area contributed by atoms with Gasteiger partial charge in [0.2, 0.25) is 0 Å². The summed E-state index contributed by atoms with van der Waals surface area (Å²) >= 11 is 0. The molecule has 1 aromatic rings. The zero-order valence-corrected chi connectivity index (χ0v) is 12.3. The first-order valence-electron chi connectivity index (χ1n) is 6.67. The van der Waals surface area contributed by atoms with Crippen molar-refractivity contribution in [3.8, 4) is 0 Å². The van der Waals surface area contributed by atoms with E-state index in [0.717, 1.165) is 12.0 Å². The van der Waals surface area contributed by atoms with Gasteiger partial charge in [0.25, 0.3) is 0 Å². The third-order valence-corrected chi connectivity index (χ3v) is 3.56. The van der Waals surface area contributed by atoms with Gasteiger partial charge in [-0.15, -0.1) is 0 Å². The van der Waals surface area contributed by atoms with E-state index in [4.69, 9.17) is 4.74 Å². The summed E-state index contributed by atoms with van der Waals surface area (Å²) in [5.74, 6) is -1.08. The smallest absolute Gasteiger partial charge is 0.306 e. The molecule has 1 N–H and O–H groups in total. The number of carboxylic acids is 1. The summed E-state index contributed by atoms with van der Waals surface area (Å²) in [6.07, 6.45) is 1.95. The third-order valence-electron chi connectivity index (χ3n) is 3.56. The van der Waals surface area contributed by atoms with E-state index in [1.54, 1.807) is 7.11 Å². The number of carbonyl (C=O) groups is 1. The Morgan fingerprint density at radius 3 is 2.63 bits per heavy atom. The molecule has 0 radical (unpaired) electrons. The van der Waals surface area contributed by atoms with Crippen LogP contribution < -0.4 is 0 Å². The van der Waals surface area contributed by atoms with Gasteiger partial charge in [-0.1, -0.05) is 29.8 Å². The molecule has 0 aromatic heterocycles. The van der Waals surface area contributed by atoms with Gasteiger partial charge in [0, 0.05) is 7.11 Å². The molecule has 19 heavy (non-hydrogen) atoms. The number of benzene rings is 1. The van der Waals surface area contributed by atoms with Gasteiger partial charge < -0.3 is 9.84 Å². The standard InChI is InChI=1S/C16H24O3/c1-12-6-5-7-13(10-12)11-14(15(17)18)8-9-16(2,3)19-4/h5-7,10,14H,8-9,11H2,1-4H3,(H,17,18). The molecule has 0 spiro atoms. The number of methoxy groups -OCH3 is 1. The average Bonchev–Trinajstić information content (AvgIpc) is 2.34. The molecule has 3 nitrogen and oxygen atoms in total. The number of hydrogen-bond acceptors (Lipinski definition) is 2. The molecular weight excluding hydrogens is 240 g/mol. The van der Waals surface area contributed by atoms with Crippen molar-refractivity contribution in [3.63, 3.8) is 0 Å². The summed E-state index contributed by atoms with van der Waals surface area (Å²) in [4.78, 5) is 11.4. The highest BCUT2D eigenvalue weighted by Crippen LogP contribution is 2.22. The highest BCUT2D eigenvalue weighted by atomic mass is 16.5. The molecular formula is C16H24O3. The van der Waals surface area contributed by atoms with Crippen molar-refractivity contribution >= 4 is 5.97 Å². The number of hydrogen-bond donors (Lipinski definition) is 1. The summed E-state index contributed by atoms with van der Waals surface area (Å²) in [6, 6.07) is 8.04. The molecule has 0 bridgehead atoms. The quantitative estimate of drug-likeness (QED) is 0.820. The second-order valence-corrected chi connectivity index (χ2v) is 5.73. The van der Waals surface area contributed by atoms with Crippen LogP contribution in [0.25, 0.3) is 0 Å². The van der Waals surface area contributed by atoms with E-state index in [0.29, 0.717) is 12.8 Å². The van der Waals surface area contributed by atoms with E-state index >= 15 is 0 Å². The summed E-state index contributed by atoms with van der Waals surface area (Å²) in [5.41, 5.74) is 1.99. The lowest BCUT2D eigenvalue weighted by molar-refractivity contribution is -0.142. The lowest BCUT2D eigenvalue weighted by Gasteiger charge is -2.24. The third kappa shape index (κ3) is 5.43. The largest absolute Gasteiger partial charge is 0.481 e. The van der Waals surface area contributed by atoms with Crippen molar-refractivity contribution < 1.29 is 14.6 Å². The van der Waals surface area contributed by atoms with Gasteiger partial charge in [-0.05, 0) is 45.6 Å². The van der Waals surface area contributed by atoms with Gasteiger partial charge in [-0.2, -0.15) is 0 Å². The van der Waals surface area contributed by atoms with E-state index in [-0.39, 0.29) is 11.5 Å². The van der Waals surface area contributed by atoms with E-state index in [2.05, 4.69) is 6.07 Å². The Hall–Kier alpha value is -1.35. The zero-order valence-electron chi connectivity index (χ0n) is 12.3. The fourth-order valence-electron chi connectivity index (χ4n) is 2.06. The van der Waals surface area contributed by atoms with Crippen LogP contribution in [-0.2, 0) is 16.0 Å². The van der Waals surface area contributed by atoms with E-state index in [1.165, 1.54) is 5.56 Å². The van der Waals surface area contributed by atoms with Crippen LogP contribution in [0.15, 0.2) is 24.3 Å². The molecule has 0 saturated carbocycles. The fourth-order valence-corrected chi connectivity index (χ4v) is 2.06. The van der Waals surface area contributed by atoms with Gasteiger partial charge in [0.15, 0.2) is 0 Å². The second-order valence-electron chi connectivity index (χ2n) is 5.73. The van der Waals surface area contributed by atoms with Crippen LogP contribution in [0.1, 0.15) is 37.8 Å². The van der Waals surface area contributed by atoms with Gasteiger partial charge in [-0.25, -0.2) is 0 Å². The Kier molecular flexibility index (Phi) is 5.55. The lowest BCUT2D eigenvalue weighted by atomic mass is 9.90. The molecule has 1 rings (SSSR count). The number of rotatable bonds is 7. The minimum absolute atomic E-state index is 0.264. The van der Waals surface area contributed by atoms with Gasteiger partial charge >= 0.3 is 5.97 Å². The van der Waals surface area contributed by atoms with Crippen LogP contribution in [0.5, 0.6) is 0 Å². The van der Waals surface area contributed by atoms with Crippen molar-refractivity contribution in [2.75, 3.05) is 7.11 Å². The Labute approximate surface area is 115 Å². The zero-order chi connectivity index (χ0) is 14.5. The van der Waals surface area contributed by atoms with Crippen LogP contribution in [0.3, 0.4) is 0 Å². The van der Waals surface area contributed by atoms with Crippen LogP contribution in [0.4, 0.5) is 0 Å². The van der Waals surface area contributed by atoms with E-state index < -0.39 is 5.97 Å². The van der Waals surface area contributed by atoms with Crippen LogP contribution in [-0.4, -0.2) is 23.8 Å². The predicted molar refractivity (Wildman–Crippen MR) is 76.3 cm³/mol. The Morgan fingerprint density at radius 1 is 1.42 bits per heavy atom. The Bertz CT molecular complexity index is 424. The topological polar surface area (TPSA) is 46.5 Å². The van der Waals surface area contributed by atoms with Gasteiger partial charge in [0.1, 0.15) is 0 Å². The summed E-state index contributed by atoms with van der Waals surface area (Å²) in [5, 5.41) is 9.33. The van der Waals surface area contributed by atoms with Crippen molar-refractivity contribution in [1.82, 2.24) is 0 Å². The van der Waals surface area contributed by atoms with Crippen molar-refractivity contribution in [1.29, 1.82) is 0 Å². The molecule has 106 valence electrons. The van der Waals surface area contributed by atoms with Crippen LogP contribution >= 0.6 is 0 Å². The highest BCUT2D eigenvalue weighted by molar-refractivity contribution is 5.70. The average molecular weight is 264 g/mol. The van der Waals surface area contributed by atoms with Crippen LogP contribution in [0.2, 0.25) is 0 Å². The SMILES string of the molecule is COC(C)(C)CCC(Cc1cccc(C)c1)C(=O)O. The first-order valence-corrected chi connectivity index (χ1v) is 6.67. The fraction of sp³-hybridized carbons (Fsp3) is 0.562. The normalized spacial score (nSPS) is 13.3. The molecule has 0 fully saturated rings. The minimum atomic E-state index is -0.728. The molecule has 0 aliphatic heterocycles. The first kappa shape index (κ1) is 15.7. The lowest BCUT2D eigenvalue weighted by Crippen LogP contribution is -2.26. The summed E-state index contributed by atoms with van der Waals surface area (Å²) < 4.78 is 5.34. The van der Waals surface area contributed by atoms with Crippen LogP contribution in [0, 0.1) is 12.8 Å². The second kappa shape index (κ2) is 6.71. The monoisotopic (exact) mass is 264 g/mol. The van der Waals surface area contributed by atoms with Crippen molar-refractivity contribution in [2.24, 2.45) is 5.92 Å². The minimum Gasteiger partial charge on any atom is -0.481 e. The molecule has 1 atom stereocenters. The maximum atomic E-state index is 11.4. The highest BCUT2D eigenvalue weighted by Gasteiger charge is 2.23. The first-order chi connectivity index (χ1) is 8.84. The van der Waals surface area contributed by atoms with Crippen molar-refractivity contribution in [3.05, 3.63) is 35.4 Å². The molecule has 3 heteroatoms. The molecule has 0 aliphatic rings. The van der Waals surface area contributed by atoms with E-state index in [1.807, 2.05) is 39.0 Å². The predicted octanol–water partition coefficient (Wildman–Crippen LogP) is 3.44. The van der Waals surface area contributed by atoms with E-state index in [9.17, 15) is 9.90 Å². The maximum absolute atomic E-state index is 11.4. The van der Waals surface area contributed by atoms with Gasteiger partial charge in [-0.3, -0.25) is 4.79 Å². The summed E-state index contributed by atoms with van der Waals surface area (Å²) in [6.45, 7) is 5.99. The Morgan fingerprint density at radius 2 is 2.11 bits per heavy atom. The number of carboxylic acid groups (broad SMARTS) is 1. The molecule has 0 aliphatic carbocycles.